The van der Waals surface area contributed by atoms with Crippen LogP contribution in [0.5, 0.6) is 0 Å². The first-order valence-corrected chi connectivity index (χ1v) is 9.85. The molecule has 0 radical (unpaired) electrons. The number of amides is 1. The first-order valence-electron chi connectivity index (χ1n) is 9.85. The number of hydrogen-bond donors (Lipinski definition) is 1. The zero-order valence-electron chi connectivity index (χ0n) is 17.8. The summed E-state index contributed by atoms with van der Waals surface area (Å²) in [4.78, 5) is 32.7. The zero-order valence-corrected chi connectivity index (χ0v) is 20.1. The molecule has 29 heavy (non-hydrogen) atoms. The SMILES string of the molecule is CCNC(=NCCC(=O)N(C)Cc1ccccc1)N1CC(C)C(C(=O)OC)C1.I. The van der Waals surface area contributed by atoms with E-state index in [0.29, 0.717) is 26.1 Å². The Labute approximate surface area is 190 Å². The number of methoxy groups -OCH3 is 1. The second kappa shape index (κ2) is 12.7. The molecule has 0 saturated carbocycles. The van der Waals surface area contributed by atoms with E-state index in [-0.39, 0.29) is 47.7 Å². The molecule has 1 aromatic rings. The molecule has 0 bridgehead atoms. The van der Waals surface area contributed by atoms with Crippen LogP contribution in [-0.4, -0.2) is 68.0 Å². The molecule has 2 rings (SSSR count). The summed E-state index contributed by atoms with van der Waals surface area (Å²) >= 11 is 0. The quantitative estimate of drug-likeness (QED) is 0.261. The highest BCUT2D eigenvalue weighted by atomic mass is 127. The second-order valence-electron chi connectivity index (χ2n) is 7.23. The number of likely N-dealkylation sites (tertiary alicyclic amines) is 1. The Balaban J connectivity index is 0.00000420. The lowest BCUT2D eigenvalue weighted by molar-refractivity contribution is -0.146. The van der Waals surface area contributed by atoms with Crippen LogP contribution in [-0.2, 0) is 20.9 Å². The molecule has 1 heterocycles. The lowest BCUT2D eigenvalue weighted by Gasteiger charge is -2.22. The van der Waals surface area contributed by atoms with Gasteiger partial charge in [-0.25, -0.2) is 0 Å². The van der Waals surface area contributed by atoms with Gasteiger partial charge in [0.05, 0.1) is 19.6 Å². The fraction of sp³-hybridized carbons (Fsp3) is 0.571. The van der Waals surface area contributed by atoms with Crippen molar-refractivity contribution in [2.75, 3.05) is 40.3 Å². The Kier molecular flexibility index (Phi) is 11.0. The third-order valence-corrected chi connectivity index (χ3v) is 5.03. The lowest BCUT2D eigenvalue weighted by atomic mass is 9.99. The Bertz CT molecular complexity index is 684. The van der Waals surface area contributed by atoms with Crippen LogP contribution >= 0.6 is 24.0 Å². The summed E-state index contributed by atoms with van der Waals surface area (Å²) in [6, 6.07) is 9.93. The van der Waals surface area contributed by atoms with Crippen LogP contribution in [0.1, 0.15) is 25.8 Å². The molecule has 7 nitrogen and oxygen atoms in total. The Hall–Kier alpha value is -1.84. The van der Waals surface area contributed by atoms with Crippen molar-refractivity contribution in [2.45, 2.75) is 26.8 Å². The molecular weight excluding hydrogens is 483 g/mol. The van der Waals surface area contributed by atoms with Crippen LogP contribution in [0.3, 0.4) is 0 Å². The van der Waals surface area contributed by atoms with Crippen molar-refractivity contribution in [2.24, 2.45) is 16.8 Å². The van der Waals surface area contributed by atoms with Gasteiger partial charge in [-0.3, -0.25) is 14.6 Å². The fourth-order valence-electron chi connectivity index (χ4n) is 3.42. The van der Waals surface area contributed by atoms with Gasteiger partial charge in [0.25, 0.3) is 0 Å². The van der Waals surface area contributed by atoms with Crippen LogP contribution in [0, 0.1) is 11.8 Å². The summed E-state index contributed by atoms with van der Waals surface area (Å²) in [6.07, 6.45) is 0.349. The molecule has 8 heteroatoms. The molecule has 1 aliphatic rings. The number of guanidine groups is 1. The van der Waals surface area contributed by atoms with E-state index in [1.165, 1.54) is 7.11 Å². The Morgan fingerprint density at radius 3 is 2.59 bits per heavy atom. The first kappa shape index (κ1) is 25.2. The summed E-state index contributed by atoms with van der Waals surface area (Å²) in [5.41, 5.74) is 1.11. The normalized spacial score (nSPS) is 18.8. The number of hydrogen-bond acceptors (Lipinski definition) is 4. The maximum atomic E-state index is 12.4. The van der Waals surface area contributed by atoms with Gasteiger partial charge >= 0.3 is 5.97 Å². The van der Waals surface area contributed by atoms with E-state index in [1.807, 2.05) is 51.2 Å². The van der Waals surface area contributed by atoms with E-state index in [1.54, 1.807) is 4.90 Å². The number of nitrogens with one attached hydrogen (secondary N) is 1. The van der Waals surface area contributed by atoms with Crippen molar-refractivity contribution in [1.82, 2.24) is 15.1 Å². The largest absolute Gasteiger partial charge is 0.469 e. The summed E-state index contributed by atoms with van der Waals surface area (Å²) in [7, 11) is 3.24. The highest BCUT2D eigenvalue weighted by Gasteiger charge is 2.36. The number of rotatable bonds is 7. The van der Waals surface area contributed by atoms with E-state index >= 15 is 0 Å². The molecule has 162 valence electrons. The number of esters is 1. The monoisotopic (exact) mass is 516 g/mol. The number of carbonyl (C=O) groups is 2. The average Bonchev–Trinajstić information content (AvgIpc) is 3.08. The fourth-order valence-corrected chi connectivity index (χ4v) is 3.42. The minimum absolute atomic E-state index is 0. The summed E-state index contributed by atoms with van der Waals surface area (Å²) in [6.45, 7) is 7.12. The molecule has 2 atom stereocenters. The van der Waals surface area contributed by atoms with E-state index in [9.17, 15) is 9.59 Å². The third-order valence-electron chi connectivity index (χ3n) is 5.03. The molecule has 0 aliphatic carbocycles. The van der Waals surface area contributed by atoms with Crippen molar-refractivity contribution in [3.8, 4) is 0 Å². The van der Waals surface area contributed by atoms with Crippen molar-refractivity contribution >= 4 is 41.8 Å². The topological polar surface area (TPSA) is 74.2 Å². The van der Waals surface area contributed by atoms with Crippen LogP contribution < -0.4 is 5.32 Å². The highest BCUT2D eigenvalue weighted by Crippen LogP contribution is 2.24. The predicted octanol–water partition coefficient (Wildman–Crippen LogP) is 2.36. The summed E-state index contributed by atoms with van der Waals surface area (Å²) in [5, 5.41) is 3.26. The Morgan fingerprint density at radius 2 is 1.97 bits per heavy atom. The van der Waals surface area contributed by atoms with Gasteiger partial charge < -0.3 is 19.9 Å². The van der Waals surface area contributed by atoms with Gasteiger partial charge in [0.2, 0.25) is 5.91 Å². The van der Waals surface area contributed by atoms with Gasteiger partial charge in [-0.1, -0.05) is 37.3 Å². The number of nitrogens with zero attached hydrogens (tertiary/aromatic N) is 3. The van der Waals surface area contributed by atoms with E-state index < -0.39 is 0 Å². The molecular formula is C21H33IN4O3. The van der Waals surface area contributed by atoms with Crippen LogP contribution in [0.2, 0.25) is 0 Å². The van der Waals surface area contributed by atoms with Gasteiger partial charge in [-0.2, -0.15) is 0 Å². The van der Waals surface area contributed by atoms with Gasteiger partial charge in [0.1, 0.15) is 0 Å². The molecule has 1 N–H and O–H groups in total. The minimum atomic E-state index is -0.177. The van der Waals surface area contributed by atoms with Crippen LogP contribution in [0.25, 0.3) is 0 Å². The van der Waals surface area contributed by atoms with Gasteiger partial charge in [0, 0.05) is 39.6 Å². The van der Waals surface area contributed by atoms with E-state index in [0.717, 1.165) is 24.6 Å². The molecule has 1 aliphatic heterocycles. The van der Waals surface area contributed by atoms with Crippen molar-refractivity contribution in [3.63, 3.8) is 0 Å². The Morgan fingerprint density at radius 1 is 1.28 bits per heavy atom. The molecule has 1 amide bonds. The number of halogens is 1. The maximum absolute atomic E-state index is 12.4. The molecule has 1 saturated heterocycles. The standard InChI is InChI=1S/C21H32N4O3.HI/c1-5-22-21(25-13-16(2)18(15-25)20(27)28-4)23-12-11-19(26)24(3)14-17-9-7-6-8-10-17;/h6-10,16,18H,5,11-15H2,1-4H3,(H,22,23);1H. The number of aliphatic imine (C=N–C) groups is 1. The van der Waals surface area contributed by atoms with E-state index in [2.05, 4.69) is 15.2 Å². The second-order valence-corrected chi connectivity index (χ2v) is 7.23. The molecule has 1 aromatic carbocycles. The molecule has 1 fully saturated rings. The van der Waals surface area contributed by atoms with Crippen molar-refractivity contribution < 1.29 is 14.3 Å². The summed E-state index contributed by atoms with van der Waals surface area (Å²) in [5.74, 6) is 0.691. The maximum Gasteiger partial charge on any atom is 0.310 e. The van der Waals surface area contributed by atoms with Crippen LogP contribution in [0.4, 0.5) is 0 Å². The summed E-state index contributed by atoms with van der Waals surface area (Å²) < 4.78 is 4.90. The number of carbonyl (C=O) groups excluding carboxylic acids is 2. The van der Waals surface area contributed by atoms with Crippen LogP contribution in [0.15, 0.2) is 35.3 Å². The third kappa shape index (κ3) is 7.49. The van der Waals surface area contributed by atoms with E-state index in [4.69, 9.17) is 4.74 Å². The first-order chi connectivity index (χ1) is 13.5. The van der Waals surface area contributed by atoms with Gasteiger partial charge in [0.15, 0.2) is 5.96 Å². The predicted molar refractivity (Wildman–Crippen MR) is 125 cm³/mol. The smallest absolute Gasteiger partial charge is 0.310 e. The van der Waals surface area contributed by atoms with Gasteiger partial charge in [-0.15, -0.1) is 24.0 Å². The van der Waals surface area contributed by atoms with Gasteiger partial charge in [-0.05, 0) is 18.4 Å². The van der Waals surface area contributed by atoms with Crippen molar-refractivity contribution in [3.05, 3.63) is 35.9 Å². The molecule has 0 spiro atoms. The zero-order chi connectivity index (χ0) is 20.5. The van der Waals surface area contributed by atoms with Crippen molar-refractivity contribution in [1.29, 1.82) is 0 Å². The molecule has 2 unspecified atom stereocenters. The highest BCUT2D eigenvalue weighted by molar-refractivity contribution is 14.0. The number of benzene rings is 1. The molecule has 0 aromatic heterocycles. The lowest BCUT2D eigenvalue weighted by Crippen LogP contribution is -2.41. The average molecular weight is 516 g/mol. The number of ether oxygens (including phenoxy) is 1. The minimum Gasteiger partial charge on any atom is -0.469 e.